The lowest BCUT2D eigenvalue weighted by atomic mass is 10.0. The molecule has 4 heteroatoms. The molecule has 1 heterocycles. The van der Waals surface area contributed by atoms with Gasteiger partial charge < -0.3 is 10.2 Å². The molecular formula is C14H20FNO2. The number of rotatable bonds is 4. The molecule has 0 amide bonds. The van der Waals surface area contributed by atoms with Crippen LogP contribution in [0.5, 0.6) is 0 Å². The maximum absolute atomic E-state index is 13.4. The molecule has 0 aromatic heterocycles. The summed E-state index contributed by atoms with van der Waals surface area (Å²) in [6.07, 6.45) is -1.65. The van der Waals surface area contributed by atoms with Crippen LogP contribution in [-0.2, 0) is 6.42 Å². The fraction of sp³-hybridized carbons (Fsp3) is 0.571. The SMILES string of the molecule is OC1CN(CCCc2ccccc2)CC(F)C1O. The number of likely N-dealkylation sites (tertiary alicyclic amines) is 1. The Morgan fingerprint density at radius 1 is 1.17 bits per heavy atom. The van der Waals surface area contributed by atoms with Crippen LogP contribution < -0.4 is 0 Å². The highest BCUT2D eigenvalue weighted by Crippen LogP contribution is 2.15. The van der Waals surface area contributed by atoms with E-state index in [1.54, 1.807) is 0 Å². The van der Waals surface area contributed by atoms with Crippen molar-refractivity contribution in [1.82, 2.24) is 4.90 Å². The molecule has 0 saturated carbocycles. The first-order valence-corrected chi connectivity index (χ1v) is 6.43. The molecule has 3 unspecified atom stereocenters. The summed E-state index contributed by atoms with van der Waals surface area (Å²) in [4.78, 5) is 1.88. The van der Waals surface area contributed by atoms with E-state index in [-0.39, 0.29) is 6.54 Å². The summed E-state index contributed by atoms with van der Waals surface area (Å²) in [5.74, 6) is 0. The van der Waals surface area contributed by atoms with Crippen molar-refractivity contribution < 1.29 is 14.6 Å². The third kappa shape index (κ3) is 3.51. The Labute approximate surface area is 107 Å². The molecule has 2 rings (SSSR count). The Hall–Kier alpha value is -0.970. The molecule has 0 spiro atoms. The molecule has 0 bridgehead atoms. The zero-order valence-electron chi connectivity index (χ0n) is 10.4. The maximum atomic E-state index is 13.4. The van der Waals surface area contributed by atoms with E-state index in [1.807, 2.05) is 23.1 Å². The normalized spacial score (nSPS) is 29.4. The third-order valence-corrected chi connectivity index (χ3v) is 3.43. The number of nitrogens with zero attached hydrogens (tertiary/aromatic N) is 1. The van der Waals surface area contributed by atoms with Gasteiger partial charge in [-0.3, -0.25) is 4.90 Å². The van der Waals surface area contributed by atoms with Crippen LogP contribution in [0, 0.1) is 0 Å². The van der Waals surface area contributed by atoms with Crippen LogP contribution in [0.2, 0.25) is 0 Å². The number of alkyl halides is 1. The zero-order valence-corrected chi connectivity index (χ0v) is 10.4. The quantitative estimate of drug-likeness (QED) is 0.841. The van der Waals surface area contributed by atoms with E-state index in [0.717, 1.165) is 19.4 Å². The molecule has 1 fully saturated rings. The minimum absolute atomic E-state index is 0.215. The number of hydrogen-bond acceptors (Lipinski definition) is 3. The monoisotopic (exact) mass is 253 g/mol. The predicted octanol–water partition coefficient (Wildman–Crippen LogP) is 0.995. The molecule has 1 aliphatic heterocycles. The standard InChI is InChI=1S/C14H20FNO2/c15-12-9-16(10-13(17)14(12)18)8-4-7-11-5-2-1-3-6-11/h1-3,5-6,12-14,17-18H,4,7-10H2. The number of aliphatic hydroxyl groups is 2. The summed E-state index contributed by atoms with van der Waals surface area (Å²) >= 11 is 0. The topological polar surface area (TPSA) is 43.7 Å². The van der Waals surface area contributed by atoms with E-state index in [0.29, 0.717) is 6.54 Å². The largest absolute Gasteiger partial charge is 0.389 e. The van der Waals surface area contributed by atoms with Crippen molar-refractivity contribution in [2.45, 2.75) is 31.2 Å². The van der Waals surface area contributed by atoms with Crippen LogP contribution in [0.3, 0.4) is 0 Å². The Balaban J connectivity index is 1.74. The lowest BCUT2D eigenvalue weighted by molar-refractivity contribution is -0.0827. The van der Waals surface area contributed by atoms with Gasteiger partial charge in [0.1, 0.15) is 12.3 Å². The van der Waals surface area contributed by atoms with Gasteiger partial charge >= 0.3 is 0 Å². The Morgan fingerprint density at radius 2 is 1.89 bits per heavy atom. The van der Waals surface area contributed by atoms with E-state index in [9.17, 15) is 14.6 Å². The summed E-state index contributed by atoms with van der Waals surface area (Å²) < 4.78 is 13.4. The van der Waals surface area contributed by atoms with E-state index in [4.69, 9.17) is 0 Å². The Morgan fingerprint density at radius 3 is 2.56 bits per heavy atom. The van der Waals surface area contributed by atoms with Crippen molar-refractivity contribution in [2.24, 2.45) is 0 Å². The van der Waals surface area contributed by atoms with E-state index in [2.05, 4.69) is 12.1 Å². The summed E-state index contributed by atoms with van der Waals surface area (Å²) in [6, 6.07) is 10.2. The first-order chi connectivity index (χ1) is 8.66. The summed E-state index contributed by atoms with van der Waals surface area (Å²) in [5, 5.41) is 18.8. The second-order valence-corrected chi connectivity index (χ2v) is 4.92. The van der Waals surface area contributed by atoms with Crippen LogP contribution in [0.4, 0.5) is 4.39 Å². The fourth-order valence-corrected chi connectivity index (χ4v) is 2.38. The highest BCUT2D eigenvalue weighted by molar-refractivity contribution is 5.14. The number of halogens is 1. The Bertz CT molecular complexity index is 348. The molecule has 100 valence electrons. The molecule has 18 heavy (non-hydrogen) atoms. The first-order valence-electron chi connectivity index (χ1n) is 6.43. The van der Waals surface area contributed by atoms with Crippen LogP contribution in [-0.4, -0.2) is 53.1 Å². The molecular weight excluding hydrogens is 233 g/mol. The highest BCUT2D eigenvalue weighted by Gasteiger charge is 2.34. The average Bonchev–Trinajstić information content (AvgIpc) is 2.37. The second-order valence-electron chi connectivity index (χ2n) is 4.92. The molecule has 1 saturated heterocycles. The van der Waals surface area contributed by atoms with Crippen molar-refractivity contribution in [2.75, 3.05) is 19.6 Å². The molecule has 0 radical (unpaired) electrons. The summed E-state index contributed by atoms with van der Waals surface area (Å²) in [6.45, 7) is 1.32. The minimum Gasteiger partial charge on any atom is -0.389 e. The molecule has 0 aliphatic carbocycles. The van der Waals surface area contributed by atoms with E-state index < -0.39 is 18.4 Å². The van der Waals surface area contributed by atoms with Crippen molar-refractivity contribution in [3.05, 3.63) is 35.9 Å². The zero-order chi connectivity index (χ0) is 13.0. The van der Waals surface area contributed by atoms with Gasteiger partial charge in [0.05, 0.1) is 6.10 Å². The van der Waals surface area contributed by atoms with Crippen LogP contribution in [0.25, 0.3) is 0 Å². The minimum atomic E-state index is -1.34. The van der Waals surface area contributed by atoms with Crippen molar-refractivity contribution >= 4 is 0 Å². The molecule has 1 aromatic carbocycles. The maximum Gasteiger partial charge on any atom is 0.141 e. The lowest BCUT2D eigenvalue weighted by Gasteiger charge is -2.35. The molecule has 1 aromatic rings. The smallest absolute Gasteiger partial charge is 0.141 e. The number of aliphatic hydroxyl groups excluding tert-OH is 2. The third-order valence-electron chi connectivity index (χ3n) is 3.43. The predicted molar refractivity (Wildman–Crippen MR) is 68.1 cm³/mol. The number of benzene rings is 1. The number of β-amino-alcohol motifs (C(OH)–C–C–N with tert-alkyl or cyclic N) is 1. The molecule has 3 nitrogen and oxygen atoms in total. The number of piperidine rings is 1. The van der Waals surface area contributed by atoms with Gasteiger partial charge in [-0.2, -0.15) is 0 Å². The second kappa shape index (κ2) is 6.27. The fourth-order valence-electron chi connectivity index (χ4n) is 2.38. The van der Waals surface area contributed by atoms with Crippen LogP contribution in [0.1, 0.15) is 12.0 Å². The van der Waals surface area contributed by atoms with Crippen molar-refractivity contribution in [1.29, 1.82) is 0 Å². The first kappa shape index (κ1) is 13.5. The van der Waals surface area contributed by atoms with Crippen LogP contribution >= 0.6 is 0 Å². The van der Waals surface area contributed by atoms with Gasteiger partial charge in [0, 0.05) is 13.1 Å². The highest BCUT2D eigenvalue weighted by atomic mass is 19.1. The average molecular weight is 253 g/mol. The van der Waals surface area contributed by atoms with Gasteiger partial charge in [0.25, 0.3) is 0 Å². The van der Waals surface area contributed by atoms with Gasteiger partial charge in [0.2, 0.25) is 0 Å². The van der Waals surface area contributed by atoms with Crippen molar-refractivity contribution in [3.8, 4) is 0 Å². The van der Waals surface area contributed by atoms with Gasteiger partial charge in [-0.1, -0.05) is 30.3 Å². The van der Waals surface area contributed by atoms with Gasteiger partial charge in [-0.25, -0.2) is 4.39 Å². The molecule has 1 aliphatic rings. The lowest BCUT2D eigenvalue weighted by Crippen LogP contribution is -2.53. The van der Waals surface area contributed by atoms with Crippen LogP contribution in [0.15, 0.2) is 30.3 Å². The Kier molecular flexibility index (Phi) is 4.69. The molecule has 3 atom stereocenters. The van der Waals surface area contributed by atoms with Gasteiger partial charge in [0.15, 0.2) is 0 Å². The number of aryl methyl sites for hydroxylation is 1. The summed E-state index contributed by atoms with van der Waals surface area (Å²) in [7, 11) is 0. The van der Waals surface area contributed by atoms with Gasteiger partial charge in [-0.05, 0) is 24.9 Å². The van der Waals surface area contributed by atoms with E-state index in [1.165, 1.54) is 5.56 Å². The van der Waals surface area contributed by atoms with Crippen molar-refractivity contribution in [3.63, 3.8) is 0 Å². The summed E-state index contributed by atoms with van der Waals surface area (Å²) in [5.41, 5.74) is 1.27. The van der Waals surface area contributed by atoms with E-state index >= 15 is 0 Å². The van der Waals surface area contributed by atoms with Gasteiger partial charge in [-0.15, -0.1) is 0 Å². The molecule has 2 N–H and O–H groups in total. The number of hydrogen-bond donors (Lipinski definition) is 2.